The zero-order valence-corrected chi connectivity index (χ0v) is 14.3. The van der Waals surface area contributed by atoms with Crippen molar-refractivity contribution >= 4 is 29.2 Å². The Morgan fingerprint density at radius 1 is 1.12 bits per heavy atom. The molecule has 3 rings (SSSR count). The summed E-state index contributed by atoms with van der Waals surface area (Å²) >= 11 is 1.60. The van der Waals surface area contributed by atoms with E-state index in [0.717, 1.165) is 22.1 Å². The standard InChI is InChI=1S/C18H18N4OS/c1-19-18(23)15-12-14(24-2)8-9-16(15)21-17-10-11-20-22(17)13-6-4-3-5-7-13/h3-12,21H,1-2H3,(H,19,23). The van der Waals surface area contributed by atoms with Gasteiger partial charge in [-0.05, 0) is 36.6 Å². The molecule has 0 aliphatic rings. The van der Waals surface area contributed by atoms with E-state index in [-0.39, 0.29) is 5.91 Å². The average Bonchev–Trinajstić information content (AvgIpc) is 3.10. The quantitative estimate of drug-likeness (QED) is 0.697. The third kappa shape index (κ3) is 3.28. The maximum absolute atomic E-state index is 12.2. The van der Waals surface area contributed by atoms with Gasteiger partial charge in [0.15, 0.2) is 0 Å². The minimum atomic E-state index is -0.126. The van der Waals surface area contributed by atoms with Gasteiger partial charge in [0.25, 0.3) is 5.91 Å². The van der Waals surface area contributed by atoms with Crippen molar-refractivity contribution in [2.24, 2.45) is 0 Å². The average molecular weight is 338 g/mol. The molecule has 1 amide bonds. The predicted molar refractivity (Wildman–Crippen MR) is 98.5 cm³/mol. The van der Waals surface area contributed by atoms with Crippen LogP contribution in [0, 0.1) is 0 Å². The normalized spacial score (nSPS) is 10.4. The number of aromatic nitrogens is 2. The number of thioether (sulfide) groups is 1. The smallest absolute Gasteiger partial charge is 0.253 e. The molecule has 5 nitrogen and oxygen atoms in total. The first kappa shape index (κ1) is 16.1. The molecule has 1 heterocycles. The second kappa shape index (κ2) is 7.23. The highest BCUT2D eigenvalue weighted by molar-refractivity contribution is 7.98. The molecule has 6 heteroatoms. The van der Waals surface area contributed by atoms with E-state index in [1.165, 1.54) is 0 Å². The van der Waals surface area contributed by atoms with Crippen LogP contribution in [-0.4, -0.2) is 29.0 Å². The minimum absolute atomic E-state index is 0.126. The van der Waals surface area contributed by atoms with Crippen LogP contribution in [0.4, 0.5) is 11.5 Å². The maximum Gasteiger partial charge on any atom is 0.253 e. The second-order valence-corrected chi connectivity index (χ2v) is 5.96. The molecule has 1 aromatic heterocycles. The summed E-state index contributed by atoms with van der Waals surface area (Å²) < 4.78 is 1.80. The lowest BCUT2D eigenvalue weighted by atomic mass is 10.1. The zero-order valence-electron chi connectivity index (χ0n) is 13.5. The summed E-state index contributed by atoms with van der Waals surface area (Å²) in [4.78, 5) is 13.2. The van der Waals surface area contributed by atoms with E-state index in [4.69, 9.17) is 0 Å². The lowest BCUT2D eigenvalue weighted by Crippen LogP contribution is -2.19. The zero-order chi connectivity index (χ0) is 16.9. The fourth-order valence-electron chi connectivity index (χ4n) is 2.39. The van der Waals surface area contributed by atoms with Gasteiger partial charge >= 0.3 is 0 Å². The maximum atomic E-state index is 12.2. The summed E-state index contributed by atoms with van der Waals surface area (Å²) in [6.07, 6.45) is 3.71. The van der Waals surface area contributed by atoms with Crippen LogP contribution in [0.2, 0.25) is 0 Å². The molecule has 0 fully saturated rings. The van der Waals surface area contributed by atoms with E-state index < -0.39 is 0 Å². The number of benzene rings is 2. The Balaban J connectivity index is 1.98. The number of nitrogens with one attached hydrogen (secondary N) is 2. The Morgan fingerprint density at radius 3 is 2.62 bits per heavy atom. The molecule has 0 aliphatic heterocycles. The molecular weight excluding hydrogens is 320 g/mol. The van der Waals surface area contributed by atoms with Crippen LogP contribution in [0.15, 0.2) is 65.7 Å². The number of hydrogen-bond donors (Lipinski definition) is 2. The first-order valence-electron chi connectivity index (χ1n) is 7.49. The molecule has 0 spiro atoms. The summed E-state index contributed by atoms with van der Waals surface area (Å²) in [5, 5.41) is 10.4. The largest absolute Gasteiger partial charge is 0.355 e. The van der Waals surface area contributed by atoms with Crippen molar-refractivity contribution in [3.8, 4) is 5.69 Å². The fourth-order valence-corrected chi connectivity index (χ4v) is 2.83. The second-order valence-electron chi connectivity index (χ2n) is 5.08. The summed E-state index contributed by atoms with van der Waals surface area (Å²) in [5.74, 6) is 0.669. The van der Waals surface area contributed by atoms with Gasteiger partial charge in [0, 0.05) is 18.0 Å². The van der Waals surface area contributed by atoms with Gasteiger partial charge in [-0.25, -0.2) is 4.68 Å². The Labute approximate surface area is 145 Å². The van der Waals surface area contributed by atoms with Crippen LogP contribution in [0.25, 0.3) is 5.69 Å². The third-order valence-corrected chi connectivity index (χ3v) is 4.33. The highest BCUT2D eigenvalue weighted by atomic mass is 32.2. The number of carbonyl (C=O) groups is 1. The van der Waals surface area contributed by atoms with Gasteiger partial charge in [0.2, 0.25) is 0 Å². The number of amides is 1. The van der Waals surface area contributed by atoms with Crippen molar-refractivity contribution in [2.45, 2.75) is 4.90 Å². The van der Waals surface area contributed by atoms with Crippen molar-refractivity contribution in [1.82, 2.24) is 15.1 Å². The molecule has 0 aliphatic carbocycles. The monoisotopic (exact) mass is 338 g/mol. The number of nitrogens with zero attached hydrogens (tertiary/aromatic N) is 2. The topological polar surface area (TPSA) is 59.0 Å². The Kier molecular flexibility index (Phi) is 4.86. The van der Waals surface area contributed by atoms with E-state index in [0.29, 0.717) is 5.56 Å². The lowest BCUT2D eigenvalue weighted by molar-refractivity contribution is 0.0963. The molecule has 0 unspecified atom stereocenters. The highest BCUT2D eigenvalue weighted by Crippen LogP contribution is 2.27. The Morgan fingerprint density at radius 2 is 1.92 bits per heavy atom. The first-order valence-corrected chi connectivity index (χ1v) is 8.72. The molecule has 2 aromatic carbocycles. The number of rotatable bonds is 5. The number of hydrogen-bond acceptors (Lipinski definition) is 4. The minimum Gasteiger partial charge on any atom is -0.355 e. The van der Waals surface area contributed by atoms with Gasteiger partial charge in [0.05, 0.1) is 23.1 Å². The van der Waals surface area contributed by atoms with Gasteiger partial charge in [-0.15, -0.1) is 11.8 Å². The summed E-state index contributed by atoms with van der Waals surface area (Å²) in [7, 11) is 1.63. The van der Waals surface area contributed by atoms with E-state index in [2.05, 4.69) is 15.7 Å². The Bertz CT molecular complexity index is 845. The third-order valence-electron chi connectivity index (χ3n) is 3.60. The highest BCUT2D eigenvalue weighted by Gasteiger charge is 2.13. The number of anilines is 2. The molecule has 24 heavy (non-hydrogen) atoms. The number of para-hydroxylation sites is 1. The summed E-state index contributed by atoms with van der Waals surface area (Å²) in [5.41, 5.74) is 2.29. The van der Waals surface area contributed by atoms with Crippen molar-refractivity contribution in [2.75, 3.05) is 18.6 Å². The molecule has 2 N–H and O–H groups in total. The SMILES string of the molecule is CNC(=O)c1cc(SC)ccc1Nc1ccnn1-c1ccccc1. The van der Waals surface area contributed by atoms with Crippen LogP contribution < -0.4 is 10.6 Å². The van der Waals surface area contributed by atoms with Gasteiger partial charge in [-0.1, -0.05) is 18.2 Å². The first-order chi connectivity index (χ1) is 11.7. The van der Waals surface area contributed by atoms with Crippen molar-refractivity contribution in [3.05, 3.63) is 66.4 Å². The van der Waals surface area contributed by atoms with Crippen LogP contribution in [0.5, 0.6) is 0 Å². The van der Waals surface area contributed by atoms with E-state index >= 15 is 0 Å². The molecule has 0 saturated carbocycles. The van der Waals surface area contributed by atoms with E-state index in [1.54, 1.807) is 29.7 Å². The molecule has 122 valence electrons. The molecule has 0 saturated heterocycles. The molecule has 0 bridgehead atoms. The fraction of sp³-hybridized carbons (Fsp3) is 0.111. The van der Waals surface area contributed by atoms with Crippen LogP contribution >= 0.6 is 11.8 Å². The molecule has 3 aromatic rings. The van der Waals surface area contributed by atoms with Gasteiger partial charge < -0.3 is 10.6 Å². The summed E-state index contributed by atoms with van der Waals surface area (Å²) in [6.45, 7) is 0. The van der Waals surface area contributed by atoms with E-state index in [1.807, 2.05) is 60.9 Å². The van der Waals surface area contributed by atoms with Crippen molar-refractivity contribution < 1.29 is 4.79 Å². The van der Waals surface area contributed by atoms with Gasteiger partial charge in [-0.3, -0.25) is 4.79 Å². The lowest BCUT2D eigenvalue weighted by Gasteiger charge is -2.14. The molecular formula is C18H18N4OS. The van der Waals surface area contributed by atoms with Crippen LogP contribution in [-0.2, 0) is 0 Å². The van der Waals surface area contributed by atoms with Gasteiger partial charge in [-0.2, -0.15) is 5.10 Å². The van der Waals surface area contributed by atoms with E-state index in [9.17, 15) is 4.79 Å². The predicted octanol–water partition coefficient (Wildman–Crippen LogP) is 3.70. The van der Waals surface area contributed by atoms with Crippen LogP contribution in [0.1, 0.15) is 10.4 Å². The van der Waals surface area contributed by atoms with Crippen LogP contribution in [0.3, 0.4) is 0 Å². The Hall–Kier alpha value is -2.73. The number of carbonyl (C=O) groups excluding carboxylic acids is 1. The summed E-state index contributed by atoms with van der Waals surface area (Å²) in [6, 6.07) is 17.5. The van der Waals surface area contributed by atoms with Crippen molar-refractivity contribution in [1.29, 1.82) is 0 Å². The van der Waals surface area contributed by atoms with Gasteiger partial charge in [0.1, 0.15) is 5.82 Å². The van der Waals surface area contributed by atoms with Crippen molar-refractivity contribution in [3.63, 3.8) is 0 Å². The molecule has 0 radical (unpaired) electrons. The molecule has 0 atom stereocenters.